The van der Waals surface area contributed by atoms with Gasteiger partial charge in [0.25, 0.3) is 11.8 Å². The first kappa shape index (κ1) is 17.7. The lowest BCUT2D eigenvalue weighted by Crippen LogP contribution is -2.35. The minimum absolute atomic E-state index is 0.105. The topological polar surface area (TPSA) is 80.8 Å². The summed E-state index contributed by atoms with van der Waals surface area (Å²) in [6.07, 6.45) is 1.58. The molecule has 3 aromatic rings. The monoisotopic (exact) mass is 375 g/mol. The van der Waals surface area contributed by atoms with Crippen molar-refractivity contribution in [2.24, 2.45) is 0 Å². The third kappa shape index (κ3) is 3.56. The molecule has 2 amide bonds. The summed E-state index contributed by atoms with van der Waals surface area (Å²) in [6, 6.07) is 19.3. The molecule has 2 aromatic carbocycles. The molecule has 0 unspecified atom stereocenters. The van der Waals surface area contributed by atoms with Crippen molar-refractivity contribution in [3.63, 3.8) is 0 Å². The highest BCUT2D eigenvalue weighted by atomic mass is 16.7. The molecule has 0 atom stereocenters. The second-order valence-corrected chi connectivity index (χ2v) is 6.03. The highest BCUT2D eigenvalue weighted by Crippen LogP contribution is 2.37. The largest absolute Gasteiger partial charge is 0.436 e. The van der Waals surface area contributed by atoms with E-state index < -0.39 is 0 Å². The lowest BCUT2D eigenvalue weighted by atomic mass is 10.2. The maximum atomic E-state index is 13.0. The number of pyridine rings is 1. The summed E-state index contributed by atoms with van der Waals surface area (Å²) in [4.78, 5) is 36.1. The molecule has 7 heteroatoms. The molecular formula is C21H17N3O4. The van der Waals surface area contributed by atoms with Crippen molar-refractivity contribution < 1.29 is 19.2 Å². The number of ether oxygens (including phenoxy) is 1. The Morgan fingerprint density at radius 1 is 1.04 bits per heavy atom. The molecule has 28 heavy (non-hydrogen) atoms. The zero-order chi connectivity index (χ0) is 19.3. The van der Waals surface area contributed by atoms with Crippen LogP contribution in [0.1, 0.15) is 20.7 Å². The second kappa shape index (κ2) is 7.89. The summed E-state index contributed by atoms with van der Waals surface area (Å²) >= 11 is 0. The summed E-state index contributed by atoms with van der Waals surface area (Å²) in [5.41, 5.74) is 3.87. The Balaban J connectivity index is 1.47. The molecule has 4 rings (SSSR count). The Bertz CT molecular complexity index is 1010. The first-order valence-corrected chi connectivity index (χ1v) is 8.75. The fourth-order valence-electron chi connectivity index (χ4n) is 2.88. The third-order valence-corrected chi connectivity index (χ3v) is 4.23. The van der Waals surface area contributed by atoms with Crippen molar-refractivity contribution >= 4 is 17.5 Å². The van der Waals surface area contributed by atoms with Crippen LogP contribution in [0.5, 0.6) is 11.6 Å². The van der Waals surface area contributed by atoms with Crippen LogP contribution in [0.15, 0.2) is 72.9 Å². The van der Waals surface area contributed by atoms with E-state index in [9.17, 15) is 9.59 Å². The van der Waals surface area contributed by atoms with Crippen molar-refractivity contribution in [3.8, 4) is 11.6 Å². The zero-order valence-electron chi connectivity index (χ0n) is 14.9. The van der Waals surface area contributed by atoms with Crippen molar-refractivity contribution in [2.75, 3.05) is 18.1 Å². The molecule has 0 fully saturated rings. The molecule has 1 N–H and O–H groups in total. The van der Waals surface area contributed by atoms with Crippen LogP contribution in [0.4, 0.5) is 5.69 Å². The maximum absolute atomic E-state index is 13.0. The number of aromatic nitrogens is 1. The Hall–Kier alpha value is -3.71. The number of nitrogens with one attached hydrogen (secondary N) is 1. The summed E-state index contributed by atoms with van der Waals surface area (Å²) in [5.74, 6) is 0.203. The number of anilines is 1. The highest BCUT2D eigenvalue weighted by molar-refractivity contribution is 6.09. The van der Waals surface area contributed by atoms with E-state index >= 15 is 0 Å². The standard InChI is InChI=1S/C21H17N3O4/c25-19(15-7-2-1-3-8-15)23-27-14-13-24-17-10-4-5-11-18(17)28-20-16(21(24)26)9-6-12-22-20/h1-12H,13-14H2,(H,23,25). The van der Waals surface area contributed by atoms with Gasteiger partial charge in [-0.05, 0) is 36.4 Å². The number of hydrogen-bond donors (Lipinski definition) is 1. The van der Waals surface area contributed by atoms with E-state index in [1.54, 1.807) is 59.6 Å². The molecule has 0 spiro atoms. The van der Waals surface area contributed by atoms with Gasteiger partial charge in [0.05, 0.1) is 18.8 Å². The number of hydrogen-bond acceptors (Lipinski definition) is 5. The number of fused-ring (bicyclic) bond motifs is 2. The van der Waals surface area contributed by atoms with Crippen molar-refractivity contribution in [1.82, 2.24) is 10.5 Å². The zero-order valence-corrected chi connectivity index (χ0v) is 14.9. The van der Waals surface area contributed by atoms with E-state index in [0.29, 0.717) is 22.6 Å². The molecule has 0 bridgehead atoms. The highest BCUT2D eigenvalue weighted by Gasteiger charge is 2.28. The van der Waals surface area contributed by atoms with Gasteiger partial charge in [0, 0.05) is 11.8 Å². The van der Waals surface area contributed by atoms with Crippen LogP contribution < -0.4 is 15.1 Å². The molecule has 0 saturated carbocycles. The van der Waals surface area contributed by atoms with Crippen LogP contribution in [0.25, 0.3) is 0 Å². The smallest absolute Gasteiger partial charge is 0.274 e. The summed E-state index contributed by atoms with van der Waals surface area (Å²) < 4.78 is 5.82. The van der Waals surface area contributed by atoms with Gasteiger partial charge in [0.2, 0.25) is 5.88 Å². The van der Waals surface area contributed by atoms with Crippen LogP contribution in [0.2, 0.25) is 0 Å². The lowest BCUT2D eigenvalue weighted by Gasteiger charge is -2.21. The molecule has 1 aliphatic rings. The Morgan fingerprint density at radius 3 is 2.68 bits per heavy atom. The minimum Gasteiger partial charge on any atom is -0.436 e. The van der Waals surface area contributed by atoms with Crippen LogP contribution in [-0.2, 0) is 4.84 Å². The molecule has 1 aromatic heterocycles. The molecule has 0 saturated heterocycles. The fraction of sp³-hybridized carbons (Fsp3) is 0.0952. The Kier molecular flexibility index (Phi) is 4.99. The van der Waals surface area contributed by atoms with E-state index in [1.165, 1.54) is 0 Å². The van der Waals surface area contributed by atoms with Gasteiger partial charge in [0.1, 0.15) is 5.56 Å². The summed E-state index contributed by atoms with van der Waals surface area (Å²) in [7, 11) is 0. The van der Waals surface area contributed by atoms with Gasteiger partial charge >= 0.3 is 0 Å². The van der Waals surface area contributed by atoms with Gasteiger partial charge in [-0.15, -0.1) is 0 Å². The average molecular weight is 375 g/mol. The maximum Gasteiger partial charge on any atom is 0.274 e. The summed E-state index contributed by atoms with van der Waals surface area (Å²) in [5, 5.41) is 0. The van der Waals surface area contributed by atoms with Gasteiger partial charge in [-0.2, -0.15) is 0 Å². The van der Waals surface area contributed by atoms with Crippen molar-refractivity contribution in [1.29, 1.82) is 0 Å². The molecule has 2 heterocycles. The number of benzene rings is 2. The fourth-order valence-corrected chi connectivity index (χ4v) is 2.88. The minimum atomic E-state index is -0.346. The third-order valence-electron chi connectivity index (χ3n) is 4.23. The van der Waals surface area contributed by atoms with Crippen LogP contribution in [0.3, 0.4) is 0 Å². The number of rotatable bonds is 5. The lowest BCUT2D eigenvalue weighted by molar-refractivity contribution is 0.0338. The van der Waals surface area contributed by atoms with Crippen LogP contribution in [-0.4, -0.2) is 29.9 Å². The van der Waals surface area contributed by atoms with Gasteiger partial charge in [-0.1, -0.05) is 30.3 Å². The van der Waals surface area contributed by atoms with Gasteiger partial charge in [0.15, 0.2) is 5.75 Å². The Morgan fingerprint density at radius 2 is 1.82 bits per heavy atom. The second-order valence-electron chi connectivity index (χ2n) is 6.03. The summed E-state index contributed by atoms with van der Waals surface area (Å²) in [6.45, 7) is 0.330. The van der Waals surface area contributed by atoms with E-state index in [2.05, 4.69) is 10.5 Å². The molecule has 0 radical (unpaired) electrons. The molecule has 140 valence electrons. The predicted octanol–water partition coefficient (Wildman–Crippen LogP) is 3.20. The first-order chi connectivity index (χ1) is 13.7. The number of para-hydroxylation sites is 2. The van der Waals surface area contributed by atoms with Crippen LogP contribution in [0, 0.1) is 0 Å². The molecule has 0 aliphatic carbocycles. The van der Waals surface area contributed by atoms with Crippen molar-refractivity contribution in [2.45, 2.75) is 0 Å². The first-order valence-electron chi connectivity index (χ1n) is 8.75. The van der Waals surface area contributed by atoms with Gasteiger partial charge < -0.3 is 9.64 Å². The average Bonchev–Trinajstić information content (AvgIpc) is 2.86. The van der Waals surface area contributed by atoms with Gasteiger partial charge in [-0.25, -0.2) is 10.5 Å². The normalized spacial score (nSPS) is 12.4. The quantitative estimate of drug-likeness (QED) is 0.547. The Labute approximate surface area is 161 Å². The predicted molar refractivity (Wildman–Crippen MR) is 102 cm³/mol. The molecule has 7 nitrogen and oxygen atoms in total. The number of hydroxylamine groups is 1. The van der Waals surface area contributed by atoms with E-state index in [0.717, 1.165) is 0 Å². The number of nitrogens with zero attached hydrogens (tertiary/aromatic N) is 2. The SMILES string of the molecule is O=C(NOCCN1C(=O)c2cccnc2Oc2ccccc21)c1ccccc1. The molecule has 1 aliphatic heterocycles. The van der Waals surface area contributed by atoms with E-state index in [4.69, 9.17) is 9.57 Å². The van der Waals surface area contributed by atoms with E-state index in [-0.39, 0.29) is 30.8 Å². The van der Waals surface area contributed by atoms with Crippen LogP contribution >= 0.6 is 0 Å². The van der Waals surface area contributed by atoms with Crippen molar-refractivity contribution in [3.05, 3.63) is 84.1 Å². The van der Waals surface area contributed by atoms with E-state index in [1.807, 2.05) is 18.2 Å². The molecular weight excluding hydrogens is 358 g/mol. The number of carbonyl (C=O) groups is 2. The van der Waals surface area contributed by atoms with Gasteiger partial charge in [-0.3, -0.25) is 14.4 Å². The number of amides is 2. The number of carbonyl (C=O) groups excluding carboxylic acids is 2.